The lowest BCUT2D eigenvalue weighted by molar-refractivity contribution is -0.120. The Hall–Kier alpha value is -1.98. The van der Waals surface area contributed by atoms with Crippen molar-refractivity contribution in [3.63, 3.8) is 0 Å². The van der Waals surface area contributed by atoms with Crippen molar-refractivity contribution in [2.24, 2.45) is 0 Å². The maximum atomic E-state index is 12.7. The van der Waals surface area contributed by atoms with Gasteiger partial charge in [0.2, 0.25) is 5.91 Å². The molecule has 0 aromatic heterocycles. The van der Waals surface area contributed by atoms with Gasteiger partial charge in [0.05, 0.1) is 12.2 Å². The maximum Gasteiger partial charge on any atom is 0.239 e. The number of carbonyl (C=O) groups excluding carboxylic acids is 1. The molecule has 1 amide bonds. The first kappa shape index (κ1) is 19.3. The second kappa shape index (κ2) is 9.01. The molecule has 0 radical (unpaired) electrons. The summed E-state index contributed by atoms with van der Waals surface area (Å²) in [6.45, 7) is 6.69. The third kappa shape index (κ3) is 4.89. The van der Waals surface area contributed by atoms with E-state index in [1.54, 1.807) is 0 Å². The van der Waals surface area contributed by atoms with Crippen LogP contribution in [0.3, 0.4) is 0 Å². The van der Waals surface area contributed by atoms with E-state index in [2.05, 4.69) is 76.6 Å². The second-order valence-corrected chi connectivity index (χ2v) is 9.36. The van der Waals surface area contributed by atoms with Crippen LogP contribution in [-0.4, -0.2) is 48.3 Å². The molecule has 0 spiro atoms. The smallest absolute Gasteiger partial charge is 0.239 e. The number of amides is 1. The summed E-state index contributed by atoms with van der Waals surface area (Å²) in [6, 6.07) is 19.3. The number of fused-ring (bicyclic) bond motifs is 1. The van der Waals surface area contributed by atoms with Crippen molar-refractivity contribution in [3.05, 3.63) is 60.2 Å². The first-order valence-electron chi connectivity index (χ1n) is 10.2. The third-order valence-electron chi connectivity index (χ3n) is 5.55. The van der Waals surface area contributed by atoms with Crippen LogP contribution in [0, 0.1) is 0 Å². The highest BCUT2D eigenvalue weighted by molar-refractivity contribution is 8.00. The number of benzene rings is 2. The molecule has 2 heterocycles. The van der Waals surface area contributed by atoms with Crippen molar-refractivity contribution in [2.75, 3.05) is 31.1 Å². The van der Waals surface area contributed by atoms with Crippen molar-refractivity contribution >= 4 is 23.4 Å². The molecule has 4 nitrogen and oxygen atoms in total. The minimum atomic E-state index is 0.149. The summed E-state index contributed by atoms with van der Waals surface area (Å²) in [7, 11) is 0. The van der Waals surface area contributed by atoms with Gasteiger partial charge in [-0.2, -0.15) is 0 Å². The zero-order valence-corrected chi connectivity index (χ0v) is 17.3. The van der Waals surface area contributed by atoms with Crippen LogP contribution in [0.4, 0.5) is 5.69 Å². The number of nitrogens with one attached hydrogen (secondary N) is 1. The fourth-order valence-corrected chi connectivity index (χ4v) is 5.32. The molecule has 28 heavy (non-hydrogen) atoms. The Labute approximate surface area is 172 Å². The summed E-state index contributed by atoms with van der Waals surface area (Å²) in [5.74, 6) is 0.149. The average Bonchev–Trinajstić information content (AvgIpc) is 2.70. The van der Waals surface area contributed by atoms with E-state index in [4.69, 9.17) is 0 Å². The van der Waals surface area contributed by atoms with E-state index < -0.39 is 0 Å². The van der Waals surface area contributed by atoms with Crippen LogP contribution in [0.25, 0.3) is 0 Å². The van der Waals surface area contributed by atoms with E-state index in [0.29, 0.717) is 17.8 Å². The Kier molecular flexibility index (Phi) is 6.23. The van der Waals surface area contributed by atoms with Crippen LogP contribution < -0.4 is 10.2 Å². The van der Waals surface area contributed by atoms with Crippen LogP contribution in [0.2, 0.25) is 0 Å². The molecular weight excluding hydrogens is 366 g/mol. The van der Waals surface area contributed by atoms with Gasteiger partial charge < -0.3 is 10.2 Å². The molecule has 5 heteroatoms. The van der Waals surface area contributed by atoms with Crippen molar-refractivity contribution < 1.29 is 4.79 Å². The van der Waals surface area contributed by atoms with Gasteiger partial charge in [0.15, 0.2) is 0 Å². The molecule has 0 aliphatic carbocycles. The van der Waals surface area contributed by atoms with Gasteiger partial charge in [0.1, 0.15) is 0 Å². The van der Waals surface area contributed by atoms with E-state index in [9.17, 15) is 4.79 Å². The standard InChI is InChI=1S/C23H29N3OS/c1-18-15-26(21-9-5-6-10-22(21)28-18)17-23(27)24-20-11-13-25(14-12-20)16-19-7-3-2-4-8-19/h2-10,18,20H,11-17H2,1H3,(H,24,27). The zero-order valence-electron chi connectivity index (χ0n) is 16.5. The third-order valence-corrected chi connectivity index (χ3v) is 6.70. The summed E-state index contributed by atoms with van der Waals surface area (Å²) in [4.78, 5) is 18.7. The normalized spacial score (nSPS) is 20.6. The highest BCUT2D eigenvalue weighted by atomic mass is 32.2. The number of carbonyl (C=O) groups is 1. The molecule has 1 fully saturated rings. The number of likely N-dealkylation sites (tertiary alicyclic amines) is 1. The number of thioether (sulfide) groups is 1. The van der Waals surface area contributed by atoms with E-state index in [0.717, 1.165) is 39.0 Å². The molecule has 0 bridgehead atoms. The number of para-hydroxylation sites is 1. The fraction of sp³-hybridized carbons (Fsp3) is 0.435. The van der Waals surface area contributed by atoms with Crippen LogP contribution in [-0.2, 0) is 11.3 Å². The number of anilines is 1. The maximum absolute atomic E-state index is 12.7. The summed E-state index contributed by atoms with van der Waals surface area (Å²) >= 11 is 1.90. The minimum Gasteiger partial charge on any atom is -0.360 e. The Balaban J connectivity index is 1.26. The lowest BCUT2D eigenvalue weighted by Crippen LogP contribution is -2.48. The van der Waals surface area contributed by atoms with E-state index in [1.807, 2.05) is 11.8 Å². The fourth-order valence-electron chi connectivity index (χ4n) is 4.15. The van der Waals surface area contributed by atoms with E-state index in [1.165, 1.54) is 16.1 Å². The summed E-state index contributed by atoms with van der Waals surface area (Å²) in [6.07, 6.45) is 2.06. The predicted molar refractivity (Wildman–Crippen MR) is 117 cm³/mol. The van der Waals surface area contributed by atoms with Gasteiger partial charge in [-0.25, -0.2) is 0 Å². The molecular formula is C23H29N3OS. The number of piperidine rings is 1. The average molecular weight is 396 g/mol. The summed E-state index contributed by atoms with van der Waals surface area (Å²) < 4.78 is 0. The van der Waals surface area contributed by atoms with Gasteiger partial charge in [-0.3, -0.25) is 9.69 Å². The van der Waals surface area contributed by atoms with Crippen LogP contribution >= 0.6 is 11.8 Å². The van der Waals surface area contributed by atoms with Crippen LogP contribution in [0.1, 0.15) is 25.3 Å². The molecule has 1 atom stereocenters. The zero-order chi connectivity index (χ0) is 19.3. The summed E-state index contributed by atoms with van der Waals surface area (Å²) in [5.41, 5.74) is 2.55. The Morgan fingerprint density at radius 3 is 2.57 bits per heavy atom. The molecule has 2 aromatic rings. The van der Waals surface area contributed by atoms with E-state index >= 15 is 0 Å². The lowest BCUT2D eigenvalue weighted by Gasteiger charge is -2.35. The molecule has 1 N–H and O–H groups in total. The van der Waals surface area contributed by atoms with Gasteiger partial charge in [-0.05, 0) is 30.5 Å². The van der Waals surface area contributed by atoms with Gasteiger partial charge in [-0.15, -0.1) is 11.8 Å². The predicted octanol–water partition coefficient (Wildman–Crippen LogP) is 3.77. The van der Waals surface area contributed by atoms with Crippen molar-refractivity contribution in [3.8, 4) is 0 Å². The lowest BCUT2D eigenvalue weighted by atomic mass is 10.0. The van der Waals surface area contributed by atoms with Gasteiger partial charge in [-0.1, -0.05) is 49.4 Å². The molecule has 2 aliphatic rings. The van der Waals surface area contributed by atoms with Crippen LogP contribution in [0.5, 0.6) is 0 Å². The Morgan fingerprint density at radius 2 is 1.79 bits per heavy atom. The minimum absolute atomic E-state index is 0.149. The molecule has 148 valence electrons. The number of hydrogen-bond acceptors (Lipinski definition) is 4. The Bertz CT molecular complexity index is 789. The van der Waals surface area contributed by atoms with Crippen molar-refractivity contribution in [1.29, 1.82) is 0 Å². The number of rotatable bonds is 5. The van der Waals surface area contributed by atoms with Crippen LogP contribution in [0.15, 0.2) is 59.5 Å². The first-order valence-corrected chi connectivity index (χ1v) is 11.1. The Morgan fingerprint density at radius 1 is 1.07 bits per heavy atom. The molecule has 4 rings (SSSR count). The summed E-state index contributed by atoms with van der Waals surface area (Å²) in [5, 5.41) is 3.79. The SMILES string of the molecule is CC1CN(CC(=O)NC2CCN(Cc3ccccc3)CC2)c2ccccc2S1. The number of nitrogens with zero attached hydrogens (tertiary/aromatic N) is 2. The first-order chi connectivity index (χ1) is 13.7. The number of hydrogen-bond donors (Lipinski definition) is 1. The quantitative estimate of drug-likeness (QED) is 0.836. The molecule has 1 saturated heterocycles. The van der Waals surface area contributed by atoms with Gasteiger partial charge >= 0.3 is 0 Å². The van der Waals surface area contributed by atoms with Crippen molar-refractivity contribution in [1.82, 2.24) is 10.2 Å². The molecule has 0 saturated carbocycles. The molecule has 1 unspecified atom stereocenters. The van der Waals surface area contributed by atoms with Gasteiger partial charge in [0, 0.05) is 42.4 Å². The molecule has 2 aromatic carbocycles. The highest BCUT2D eigenvalue weighted by Crippen LogP contribution is 2.37. The van der Waals surface area contributed by atoms with Crippen molar-refractivity contribution in [2.45, 2.75) is 42.5 Å². The second-order valence-electron chi connectivity index (χ2n) is 7.88. The highest BCUT2D eigenvalue weighted by Gasteiger charge is 2.25. The monoisotopic (exact) mass is 395 g/mol. The van der Waals surface area contributed by atoms with Gasteiger partial charge in [0.25, 0.3) is 0 Å². The topological polar surface area (TPSA) is 35.6 Å². The molecule has 2 aliphatic heterocycles. The largest absolute Gasteiger partial charge is 0.360 e. The van der Waals surface area contributed by atoms with E-state index in [-0.39, 0.29) is 5.91 Å².